The number of nitrogens with zero attached hydrogens (tertiary/aromatic N) is 1. The van der Waals surface area contributed by atoms with E-state index in [4.69, 9.17) is 9.05 Å². The summed E-state index contributed by atoms with van der Waals surface area (Å²) < 4.78 is 23.9. The minimum Gasteiger partial charge on any atom is -1.00 e. The summed E-state index contributed by atoms with van der Waals surface area (Å²) in [6.45, 7) is 14.3. The highest BCUT2D eigenvalue weighted by atomic mass is 35.5. The van der Waals surface area contributed by atoms with E-state index in [1.54, 1.807) is 13.8 Å². The second kappa shape index (κ2) is 13.3. The third-order valence-corrected chi connectivity index (χ3v) is 6.25. The van der Waals surface area contributed by atoms with Gasteiger partial charge in [-0.1, -0.05) is 43.5 Å². The Morgan fingerprint density at radius 3 is 2.07 bits per heavy atom. The Balaban J connectivity index is 0.00000676. The number of quaternary nitrogens is 1. The van der Waals surface area contributed by atoms with Crippen LogP contribution in [0, 0.1) is 0 Å². The maximum atomic E-state index is 12.7. The molecule has 0 radical (unpaired) electrons. The van der Waals surface area contributed by atoms with E-state index in [1.165, 1.54) is 5.56 Å². The van der Waals surface area contributed by atoms with Crippen molar-refractivity contribution < 1.29 is 35.6 Å². The van der Waals surface area contributed by atoms with Crippen molar-refractivity contribution in [2.75, 3.05) is 39.0 Å². The molecule has 0 aliphatic heterocycles. The van der Waals surface area contributed by atoms with E-state index in [-0.39, 0.29) is 31.8 Å². The third-order valence-electron chi connectivity index (χ3n) is 4.08. The molecule has 0 saturated carbocycles. The first-order valence-corrected chi connectivity index (χ1v) is 10.8. The van der Waals surface area contributed by atoms with Crippen LogP contribution in [-0.2, 0) is 20.2 Å². The van der Waals surface area contributed by atoms with E-state index in [2.05, 4.69) is 25.3 Å². The van der Waals surface area contributed by atoms with Crippen molar-refractivity contribution in [2.24, 2.45) is 0 Å². The Hall–Kier alpha value is -0.940. The molecule has 5 nitrogen and oxygen atoms in total. The number of rotatable bonds is 14. The van der Waals surface area contributed by atoms with Crippen molar-refractivity contribution in [3.63, 3.8) is 0 Å². The molecule has 0 bridgehead atoms. The zero-order valence-electron chi connectivity index (χ0n) is 16.4. The summed E-state index contributed by atoms with van der Waals surface area (Å²) in [4.78, 5) is 0. The topological polar surface area (TPSA) is 55.8 Å². The molecular formula is C20H33ClNO4P. The van der Waals surface area contributed by atoms with E-state index in [0.29, 0.717) is 24.1 Å². The van der Waals surface area contributed by atoms with Crippen LogP contribution >= 0.6 is 7.60 Å². The molecule has 0 aliphatic carbocycles. The fourth-order valence-electron chi connectivity index (χ4n) is 3.23. The van der Waals surface area contributed by atoms with E-state index in [9.17, 15) is 9.67 Å². The van der Waals surface area contributed by atoms with Crippen LogP contribution in [0.3, 0.4) is 0 Å². The van der Waals surface area contributed by atoms with Crippen LogP contribution in [0.5, 0.6) is 0 Å². The third kappa shape index (κ3) is 9.20. The molecule has 0 amide bonds. The molecule has 0 saturated heterocycles. The fraction of sp³-hybridized carbons (Fsp3) is 0.500. The molecule has 7 heteroatoms. The molecule has 0 spiro atoms. The van der Waals surface area contributed by atoms with Crippen molar-refractivity contribution >= 4 is 7.60 Å². The summed E-state index contributed by atoms with van der Waals surface area (Å²) in [6, 6.07) is 10.1. The van der Waals surface area contributed by atoms with Gasteiger partial charge in [0.05, 0.1) is 32.5 Å². The summed E-state index contributed by atoms with van der Waals surface area (Å²) in [5, 5.41) is 10.7. The Labute approximate surface area is 170 Å². The highest BCUT2D eigenvalue weighted by Crippen LogP contribution is 2.48. The van der Waals surface area contributed by atoms with Gasteiger partial charge in [-0.3, -0.25) is 4.57 Å². The number of halogens is 1. The lowest BCUT2D eigenvalue weighted by atomic mass is 10.1. The van der Waals surface area contributed by atoms with Gasteiger partial charge in [-0.2, -0.15) is 0 Å². The Kier molecular flexibility index (Phi) is 12.8. The zero-order valence-corrected chi connectivity index (χ0v) is 18.1. The minimum absolute atomic E-state index is 0. The summed E-state index contributed by atoms with van der Waals surface area (Å²) >= 11 is 0. The molecule has 1 aromatic rings. The summed E-state index contributed by atoms with van der Waals surface area (Å²) in [5.74, 6) is 0. The number of hydrogen-bond acceptors (Lipinski definition) is 4. The maximum absolute atomic E-state index is 12.7. The lowest BCUT2D eigenvalue weighted by Gasteiger charge is -2.39. The van der Waals surface area contributed by atoms with Gasteiger partial charge in [0.1, 0.15) is 19.2 Å². The van der Waals surface area contributed by atoms with Gasteiger partial charge in [0.2, 0.25) is 0 Å². The molecule has 1 unspecified atom stereocenters. The van der Waals surface area contributed by atoms with Crippen LogP contribution in [-0.4, -0.2) is 54.7 Å². The monoisotopic (exact) mass is 417 g/mol. The molecule has 1 N–H and O–H groups in total. The van der Waals surface area contributed by atoms with Crippen LogP contribution < -0.4 is 12.4 Å². The first kappa shape index (κ1) is 26.1. The SMILES string of the molecule is C=CC[N+](CC=C)(Cc1ccccc1)CC(O)CP(=O)(OCC)OCC.[Cl-]. The van der Waals surface area contributed by atoms with Crippen molar-refractivity contribution in [3.8, 4) is 0 Å². The number of benzene rings is 1. The predicted octanol–water partition coefficient (Wildman–Crippen LogP) is 1.01. The second-order valence-corrected chi connectivity index (χ2v) is 8.50. The molecule has 1 atom stereocenters. The normalized spacial score (nSPS) is 12.9. The Morgan fingerprint density at radius 2 is 1.63 bits per heavy atom. The zero-order chi connectivity index (χ0) is 19.5. The van der Waals surface area contributed by atoms with E-state index in [1.807, 2.05) is 30.4 Å². The molecule has 27 heavy (non-hydrogen) atoms. The summed E-state index contributed by atoms with van der Waals surface area (Å²) in [5.41, 5.74) is 1.17. The first-order valence-electron chi connectivity index (χ1n) is 9.09. The molecule has 154 valence electrons. The van der Waals surface area contributed by atoms with Crippen molar-refractivity contribution in [3.05, 3.63) is 61.2 Å². The molecule has 1 rings (SSSR count). The Morgan fingerprint density at radius 1 is 1.11 bits per heavy atom. The lowest BCUT2D eigenvalue weighted by Crippen LogP contribution is -3.00. The van der Waals surface area contributed by atoms with Crippen molar-refractivity contribution in [1.82, 2.24) is 0 Å². The summed E-state index contributed by atoms with van der Waals surface area (Å²) in [6.07, 6.45) is 2.87. The maximum Gasteiger partial charge on any atom is 0.333 e. The highest BCUT2D eigenvalue weighted by molar-refractivity contribution is 7.53. The average molecular weight is 418 g/mol. The van der Waals surface area contributed by atoms with Gasteiger partial charge < -0.3 is 31.0 Å². The molecule has 1 aromatic carbocycles. The molecule has 0 fully saturated rings. The largest absolute Gasteiger partial charge is 1.00 e. The van der Waals surface area contributed by atoms with Gasteiger partial charge in [0.25, 0.3) is 0 Å². The van der Waals surface area contributed by atoms with Crippen LogP contribution in [0.1, 0.15) is 19.4 Å². The van der Waals surface area contributed by atoms with Gasteiger partial charge >= 0.3 is 7.60 Å². The van der Waals surface area contributed by atoms with Gasteiger partial charge in [0.15, 0.2) is 0 Å². The molecule has 0 aromatic heterocycles. The summed E-state index contributed by atoms with van der Waals surface area (Å²) in [7, 11) is -3.29. The van der Waals surface area contributed by atoms with E-state index >= 15 is 0 Å². The second-order valence-electron chi connectivity index (χ2n) is 6.39. The molecular weight excluding hydrogens is 385 g/mol. The van der Waals surface area contributed by atoms with E-state index in [0.717, 1.165) is 6.54 Å². The number of hydrogen-bond donors (Lipinski definition) is 1. The standard InChI is InChI=1S/C20H33NO4P.ClH/c1-5-14-21(15-6-2,16-19-12-10-9-11-13-19)17-20(22)18-26(23,24-7-3)25-8-4;/h5-6,9-13,20,22H,1-2,7-8,14-18H2,3-4H3;1H/q+1;/p-1. The quantitative estimate of drug-likeness (QED) is 0.279. The highest BCUT2D eigenvalue weighted by Gasteiger charge is 2.34. The molecule has 0 aliphatic rings. The van der Waals surface area contributed by atoms with Crippen LogP contribution in [0.2, 0.25) is 0 Å². The molecule has 0 heterocycles. The van der Waals surface area contributed by atoms with Crippen molar-refractivity contribution in [1.29, 1.82) is 0 Å². The van der Waals surface area contributed by atoms with Crippen LogP contribution in [0.25, 0.3) is 0 Å². The van der Waals surface area contributed by atoms with Gasteiger partial charge in [-0.15, -0.1) is 0 Å². The number of aliphatic hydroxyl groups excluding tert-OH is 1. The lowest BCUT2D eigenvalue weighted by molar-refractivity contribution is -0.932. The van der Waals surface area contributed by atoms with Gasteiger partial charge in [-0.05, 0) is 26.0 Å². The minimum atomic E-state index is -3.29. The first-order chi connectivity index (χ1) is 12.4. The van der Waals surface area contributed by atoms with Gasteiger partial charge in [-0.25, -0.2) is 0 Å². The Bertz CT molecular complexity index is 577. The average Bonchev–Trinajstić information content (AvgIpc) is 2.56. The van der Waals surface area contributed by atoms with Crippen LogP contribution in [0.4, 0.5) is 0 Å². The van der Waals surface area contributed by atoms with Crippen LogP contribution in [0.15, 0.2) is 55.6 Å². The van der Waals surface area contributed by atoms with E-state index < -0.39 is 13.7 Å². The van der Waals surface area contributed by atoms with Crippen molar-refractivity contribution in [2.45, 2.75) is 26.5 Å². The van der Waals surface area contributed by atoms with Gasteiger partial charge in [0, 0.05) is 5.56 Å². The number of aliphatic hydroxyl groups is 1. The smallest absolute Gasteiger partial charge is 0.333 e. The fourth-order valence-corrected chi connectivity index (χ4v) is 4.94. The predicted molar refractivity (Wildman–Crippen MR) is 107 cm³/mol.